The molecule has 112 valence electrons. The van der Waals surface area contributed by atoms with E-state index < -0.39 is 29.7 Å². The third kappa shape index (κ3) is 3.25. The minimum Gasteiger partial charge on any atom is -0.481 e. The van der Waals surface area contributed by atoms with Crippen LogP contribution in [-0.2, 0) is 15.7 Å². The zero-order valence-corrected chi connectivity index (χ0v) is 10.6. The highest BCUT2D eigenvalue weighted by atomic mass is 19.4. The SMILES string of the molecule is N#Cc1cc(C(F)(F)F)ccc1NC1COCC1C(=O)O. The summed E-state index contributed by atoms with van der Waals surface area (Å²) in [6, 6.07) is 3.78. The van der Waals surface area contributed by atoms with Crippen molar-refractivity contribution in [1.29, 1.82) is 5.26 Å². The summed E-state index contributed by atoms with van der Waals surface area (Å²) in [6.07, 6.45) is -4.54. The summed E-state index contributed by atoms with van der Waals surface area (Å²) in [5, 5.41) is 20.7. The number of hydrogen-bond donors (Lipinski definition) is 2. The van der Waals surface area contributed by atoms with Crippen LogP contribution in [0.25, 0.3) is 0 Å². The molecule has 1 aliphatic rings. The minimum absolute atomic E-state index is 0.0233. The molecular weight excluding hydrogens is 289 g/mol. The van der Waals surface area contributed by atoms with Crippen molar-refractivity contribution >= 4 is 11.7 Å². The van der Waals surface area contributed by atoms with E-state index in [4.69, 9.17) is 15.1 Å². The lowest BCUT2D eigenvalue weighted by Crippen LogP contribution is -2.33. The number of nitrogens with zero attached hydrogens (tertiary/aromatic N) is 1. The quantitative estimate of drug-likeness (QED) is 0.893. The van der Waals surface area contributed by atoms with E-state index in [1.807, 2.05) is 0 Å². The Hall–Kier alpha value is -2.27. The third-order valence-corrected chi connectivity index (χ3v) is 3.21. The van der Waals surface area contributed by atoms with Crippen LogP contribution < -0.4 is 5.32 Å². The Balaban J connectivity index is 2.25. The first-order chi connectivity index (χ1) is 9.82. The lowest BCUT2D eigenvalue weighted by Gasteiger charge is -2.18. The number of benzene rings is 1. The van der Waals surface area contributed by atoms with Crippen molar-refractivity contribution in [2.45, 2.75) is 12.2 Å². The molecule has 2 atom stereocenters. The molecule has 8 heteroatoms. The number of ether oxygens (including phenoxy) is 1. The molecule has 1 aliphatic heterocycles. The van der Waals surface area contributed by atoms with E-state index >= 15 is 0 Å². The predicted molar refractivity (Wildman–Crippen MR) is 65.5 cm³/mol. The van der Waals surface area contributed by atoms with Crippen molar-refractivity contribution in [3.8, 4) is 6.07 Å². The molecule has 2 rings (SSSR count). The minimum atomic E-state index is -4.54. The Kier molecular flexibility index (Phi) is 4.04. The largest absolute Gasteiger partial charge is 0.481 e. The van der Waals surface area contributed by atoms with Gasteiger partial charge in [-0.3, -0.25) is 4.79 Å². The average Bonchev–Trinajstić information content (AvgIpc) is 2.86. The first-order valence-electron chi connectivity index (χ1n) is 6.01. The number of alkyl halides is 3. The van der Waals surface area contributed by atoms with Crippen molar-refractivity contribution in [3.63, 3.8) is 0 Å². The van der Waals surface area contributed by atoms with Crippen LogP contribution in [0.5, 0.6) is 0 Å². The maximum atomic E-state index is 12.6. The van der Waals surface area contributed by atoms with Gasteiger partial charge in [0.1, 0.15) is 12.0 Å². The van der Waals surface area contributed by atoms with Crippen molar-refractivity contribution in [1.82, 2.24) is 0 Å². The molecule has 0 radical (unpaired) electrons. The first-order valence-corrected chi connectivity index (χ1v) is 6.01. The van der Waals surface area contributed by atoms with Gasteiger partial charge in [0.05, 0.1) is 36.1 Å². The number of anilines is 1. The number of hydrogen-bond acceptors (Lipinski definition) is 4. The van der Waals surface area contributed by atoms with Gasteiger partial charge in [0.15, 0.2) is 0 Å². The number of carboxylic acids is 1. The molecule has 21 heavy (non-hydrogen) atoms. The fraction of sp³-hybridized carbons (Fsp3) is 0.385. The maximum Gasteiger partial charge on any atom is 0.416 e. The molecule has 0 bridgehead atoms. The highest BCUT2D eigenvalue weighted by molar-refractivity contribution is 5.72. The summed E-state index contributed by atoms with van der Waals surface area (Å²) in [7, 11) is 0. The second-order valence-electron chi connectivity index (χ2n) is 4.60. The molecule has 1 saturated heterocycles. The molecule has 1 heterocycles. The summed E-state index contributed by atoms with van der Waals surface area (Å²) in [5.74, 6) is -1.87. The molecule has 0 aromatic heterocycles. The van der Waals surface area contributed by atoms with E-state index in [2.05, 4.69) is 5.32 Å². The van der Waals surface area contributed by atoms with Crippen LogP contribution in [0.15, 0.2) is 18.2 Å². The number of rotatable bonds is 3. The molecule has 1 aromatic rings. The maximum absolute atomic E-state index is 12.6. The van der Waals surface area contributed by atoms with Crippen molar-refractivity contribution in [2.24, 2.45) is 5.92 Å². The molecule has 5 nitrogen and oxygen atoms in total. The first kappa shape index (κ1) is 15.1. The van der Waals surface area contributed by atoms with Gasteiger partial charge in [0.25, 0.3) is 0 Å². The molecular formula is C13H11F3N2O3. The van der Waals surface area contributed by atoms with E-state index in [1.54, 1.807) is 6.07 Å². The van der Waals surface area contributed by atoms with Crippen molar-refractivity contribution in [2.75, 3.05) is 18.5 Å². The molecule has 1 aromatic carbocycles. The van der Waals surface area contributed by atoms with Gasteiger partial charge in [-0.15, -0.1) is 0 Å². The van der Waals surface area contributed by atoms with Gasteiger partial charge in [0.2, 0.25) is 0 Å². The topological polar surface area (TPSA) is 82.3 Å². The van der Waals surface area contributed by atoms with Gasteiger partial charge in [-0.25, -0.2) is 0 Å². The number of halogens is 3. The van der Waals surface area contributed by atoms with Gasteiger partial charge < -0.3 is 15.2 Å². The van der Waals surface area contributed by atoms with Crippen molar-refractivity contribution < 1.29 is 27.8 Å². The lowest BCUT2D eigenvalue weighted by atomic mass is 10.0. The molecule has 1 fully saturated rings. The highest BCUT2D eigenvalue weighted by Gasteiger charge is 2.35. The summed E-state index contributed by atoms with van der Waals surface area (Å²) < 4.78 is 42.8. The Morgan fingerprint density at radius 2 is 2.14 bits per heavy atom. The summed E-state index contributed by atoms with van der Waals surface area (Å²) in [5.41, 5.74) is -0.963. The summed E-state index contributed by atoms with van der Waals surface area (Å²) in [6.45, 7) is 0.137. The normalized spacial score (nSPS) is 21.8. The van der Waals surface area contributed by atoms with E-state index in [9.17, 15) is 18.0 Å². The Morgan fingerprint density at radius 1 is 1.43 bits per heavy atom. The van der Waals surface area contributed by atoms with Crippen molar-refractivity contribution in [3.05, 3.63) is 29.3 Å². The molecule has 0 saturated carbocycles. The van der Waals surface area contributed by atoms with E-state index in [1.165, 1.54) is 0 Å². The van der Waals surface area contributed by atoms with E-state index in [0.29, 0.717) is 0 Å². The average molecular weight is 300 g/mol. The summed E-state index contributed by atoms with van der Waals surface area (Å²) >= 11 is 0. The molecule has 2 unspecified atom stereocenters. The van der Waals surface area contributed by atoms with Crippen LogP contribution in [0.1, 0.15) is 11.1 Å². The number of nitrogens with one attached hydrogen (secondary N) is 1. The fourth-order valence-corrected chi connectivity index (χ4v) is 2.08. The van der Waals surface area contributed by atoms with Crippen LogP contribution in [-0.4, -0.2) is 30.3 Å². The van der Waals surface area contributed by atoms with E-state index in [0.717, 1.165) is 18.2 Å². The van der Waals surface area contributed by atoms with Crippen LogP contribution >= 0.6 is 0 Å². The van der Waals surface area contributed by atoms with Gasteiger partial charge in [0, 0.05) is 0 Å². The van der Waals surface area contributed by atoms with Gasteiger partial charge in [-0.1, -0.05) is 0 Å². The highest BCUT2D eigenvalue weighted by Crippen LogP contribution is 2.32. The van der Waals surface area contributed by atoms with Gasteiger partial charge in [-0.2, -0.15) is 18.4 Å². The second kappa shape index (κ2) is 5.61. The number of nitriles is 1. The molecule has 0 aliphatic carbocycles. The second-order valence-corrected chi connectivity index (χ2v) is 4.60. The summed E-state index contributed by atoms with van der Waals surface area (Å²) in [4.78, 5) is 11.0. The van der Waals surface area contributed by atoms with Crippen LogP contribution in [0.4, 0.5) is 18.9 Å². The predicted octanol–water partition coefficient (Wildman–Crippen LogP) is 2.09. The Labute approximate surface area is 117 Å². The van der Waals surface area contributed by atoms with Crippen LogP contribution in [0, 0.1) is 17.2 Å². The number of carboxylic acid groups (broad SMARTS) is 1. The smallest absolute Gasteiger partial charge is 0.416 e. The monoisotopic (exact) mass is 300 g/mol. The standard InChI is InChI=1S/C13H11F3N2O3/c14-13(15,16)8-1-2-10(7(3-8)4-17)18-11-6-21-5-9(11)12(19)20/h1-3,9,11,18H,5-6H2,(H,19,20). The Morgan fingerprint density at radius 3 is 2.71 bits per heavy atom. The molecule has 0 amide bonds. The fourth-order valence-electron chi connectivity index (χ4n) is 2.08. The third-order valence-electron chi connectivity index (χ3n) is 3.21. The lowest BCUT2D eigenvalue weighted by molar-refractivity contribution is -0.141. The molecule has 0 spiro atoms. The Bertz CT molecular complexity index is 595. The van der Waals surface area contributed by atoms with Crippen LogP contribution in [0.2, 0.25) is 0 Å². The van der Waals surface area contributed by atoms with Gasteiger partial charge >= 0.3 is 12.1 Å². The number of aliphatic carboxylic acids is 1. The van der Waals surface area contributed by atoms with Crippen LogP contribution in [0.3, 0.4) is 0 Å². The van der Waals surface area contributed by atoms with Gasteiger partial charge in [-0.05, 0) is 18.2 Å². The molecule has 2 N–H and O–H groups in total. The zero-order chi connectivity index (χ0) is 15.6. The number of carbonyl (C=O) groups is 1. The van der Waals surface area contributed by atoms with E-state index in [-0.39, 0.29) is 24.5 Å². The zero-order valence-electron chi connectivity index (χ0n) is 10.6.